The average molecular weight is 300 g/mol. The van der Waals surface area contributed by atoms with Crippen LogP contribution in [0.5, 0.6) is 0 Å². The number of hydrogen-bond donors (Lipinski definition) is 2. The van der Waals surface area contributed by atoms with Crippen molar-refractivity contribution < 1.29 is 14.0 Å². The number of carbonyl (C=O) groups excluding carboxylic acids is 2. The number of rotatable bonds is 6. The van der Waals surface area contributed by atoms with E-state index < -0.39 is 11.9 Å². The predicted molar refractivity (Wildman–Crippen MR) is 81.2 cm³/mol. The van der Waals surface area contributed by atoms with Crippen molar-refractivity contribution in [2.24, 2.45) is 5.73 Å². The Morgan fingerprint density at radius 2 is 1.68 bits per heavy atom. The van der Waals surface area contributed by atoms with Gasteiger partial charge >= 0.3 is 0 Å². The van der Waals surface area contributed by atoms with Crippen LogP contribution in [0.4, 0.5) is 4.39 Å². The highest BCUT2D eigenvalue weighted by atomic mass is 19.1. The summed E-state index contributed by atoms with van der Waals surface area (Å²) in [6, 6.07) is 13.9. The third kappa shape index (κ3) is 4.41. The number of aryl methyl sites for hydroxylation is 1. The average Bonchev–Trinajstić information content (AvgIpc) is 2.52. The maximum absolute atomic E-state index is 12.8. The van der Waals surface area contributed by atoms with Crippen molar-refractivity contribution in [1.82, 2.24) is 5.32 Å². The highest BCUT2D eigenvalue weighted by Crippen LogP contribution is 2.12. The highest BCUT2D eigenvalue weighted by Gasteiger charge is 2.19. The molecular weight excluding hydrogens is 283 g/mol. The van der Waals surface area contributed by atoms with Gasteiger partial charge in [0.15, 0.2) is 0 Å². The first-order valence-electron chi connectivity index (χ1n) is 6.94. The molecule has 2 aromatic carbocycles. The number of primary amides is 1. The van der Waals surface area contributed by atoms with E-state index in [-0.39, 0.29) is 18.1 Å². The summed E-state index contributed by atoms with van der Waals surface area (Å²) >= 11 is 0. The molecule has 0 heterocycles. The fraction of sp³-hybridized carbons (Fsp3) is 0.176. The molecule has 2 rings (SSSR count). The van der Waals surface area contributed by atoms with Crippen molar-refractivity contribution in [3.8, 4) is 0 Å². The van der Waals surface area contributed by atoms with Crippen LogP contribution < -0.4 is 11.1 Å². The molecule has 22 heavy (non-hydrogen) atoms. The summed E-state index contributed by atoms with van der Waals surface area (Å²) in [7, 11) is 0. The van der Waals surface area contributed by atoms with Crippen LogP contribution >= 0.6 is 0 Å². The number of amides is 2. The normalized spacial score (nSPS) is 11.7. The Morgan fingerprint density at radius 1 is 1.05 bits per heavy atom. The van der Waals surface area contributed by atoms with Crippen molar-refractivity contribution in [2.45, 2.75) is 18.9 Å². The van der Waals surface area contributed by atoms with Gasteiger partial charge in [0.1, 0.15) is 11.9 Å². The molecule has 1 atom stereocenters. The molecule has 0 unspecified atom stereocenters. The Bertz CT molecular complexity index is 641. The van der Waals surface area contributed by atoms with Gasteiger partial charge < -0.3 is 11.1 Å². The zero-order chi connectivity index (χ0) is 15.9. The Hall–Kier alpha value is -2.69. The second-order valence-electron chi connectivity index (χ2n) is 4.94. The molecule has 0 radical (unpaired) electrons. The summed E-state index contributed by atoms with van der Waals surface area (Å²) in [6.45, 7) is 0. The number of nitrogens with two attached hydrogens (primary N) is 1. The van der Waals surface area contributed by atoms with Gasteiger partial charge in [0.25, 0.3) is 0 Å². The van der Waals surface area contributed by atoms with Gasteiger partial charge in [-0.15, -0.1) is 0 Å². The largest absolute Gasteiger partial charge is 0.368 e. The van der Waals surface area contributed by atoms with Gasteiger partial charge in [-0.3, -0.25) is 9.59 Å². The van der Waals surface area contributed by atoms with E-state index in [4.69, 9.17) is 5.73 Å². The van der Waals surface area contributed by atoms with E-state index in [9.17, 15) is 14.0 Å². The summed E-state index contributed by atoms with van der Waals surface area (Å²) in [6.07, 6.45) is 0.661. The van der Waals surface area contributed by atoms with Crippen molar-refractivity contribution in [3.05, 3.63) is 71.5 Å². The fourth-order valence-corrected chi connectivity index (χ4v) is 2.11. The van der Waals surface area contributed by atoms with Crippen molar-refractivity contribution >= 4 is 11.8 Å². The molecule has 5 heteroatoms. The molecule has 0 saturated carbocycles. The summed E-state index contributed by atoms with van der Waals surface area (Å²) in [4.78, 5) is 23.5. The molecular formula is C17H17FN2O2. The molecule has 0 spiro atoms. The molecule has 0 aliphatic carbocycles. The molecule has 0 saturated heterocycles. The minimum absolute atomic E-state index is 0.197. The first kappa shape index (κ1) is 15.7. The molecule has 3 N–H and O–H groups in total. The molecule has 114 valence electrons. The lowest BCUT2D eigenvalue weighted by molar-refractivity contribution is -0.127. The summed E-state index contributed by atoms with van der Waals surface area (Å²) < 4.78 is 12.8. The predicted octanol–water partition coefficient (Wildman–Crippen LogP) is 2.10. The fourth-order valence-electron chi connectivity index (χ4n) is 2.11. The first-order valence-corrected chi connectivity index (χ1v) is 6.94. The van der Waals surface area contributed by atoms with Crippen LogP contribution in [-0.2, 0) is 16.0 Å². The molecule has 0 aromatic heterocycles. The Kier molecular flexibility index (Phi) is 5.25. The lowest BCUT2D eigenvalue weighted by atomic mass is 10.1. The van der Waals surface area contributed by atoms with Crippen molar-refractivity contribution in [2.75, 3.05) is 0 Å². The maximum atomic E-state index is 12.8. The molecule has 2 amide bonds. The lowest BCUT2D eigenvalue weighted by Gasteiger charge is -2.15. The third-order valence-electron chi connectivity index (χ3n) is 3.28. The summed E-state index contributed by atoms with van der Waals surface area (Å²) in [5, 5.41) is 2.63. The van der Waals surface area contributed by atoms with Crippen LogP contribution in [-0.4, -0.2) is 11.8 Å². The van der Waals surface area contributed by atoms with E-state index in [0.717, 1.165) is 5.56 Å². The number of carbonyl (C=O) groups is 2. The van der Waals surface area contributed by atoms with Crippen molar-refractivity contribution in [1.29, 1.82) is 0 Å². The number of benzene rings is 2. The van der Waals surface area contributed by atoms with Gasteiger partial charge in [0.05, 0.1) is 0 Å². The zero-order valence-corrected chi connectivity index (χ0v) is 12.0. The molecule has 0 aliphatic rings. The Labute approximate surface area is 128 Å². The van der Waals surface area contributed by atoms with Gasteiger partial charge in [-0.2, -0.15) is 0 Å². The molecule has 4 nitrogen and oxygen atoms in total. The lowest BCUT2D eigenvalue weighted by Crippen LogP contribution is -2.37. The van der Waals surface area contributed by atoms with Gasteiger partial charge in [-0.05, 0) is 29.7 Å². The quantitative estimate of drug-likeness (QED) is 0.857. The molecule has 2 aromatic rings. The van der Waals surface area contributed by atoms with Crippen LogP contribution in [0.15, 0.2) is 54.6 Å². The van der Waals surface area contributed by atoms with E-state index in [1.807, 2.05) is 6.07 Å². The van der Waals surface area contributed by atoms with E-state index in [1.165, 1.54) is 12.1 Å². The smallest absolute Gasteiger partial charge is 0.244 e. The summed E-state index contributed by atoms with van der Waals surface area (Å²) in [5.41, 5.74) is 6.84. The van der Waals surface area contributed by atoms with Crippen LogP contribution in [0.1, 0.15) is 23.6 Å². The second kappa shape index (κ2) is 7.36. The number of halogens is 1. The monoisotopic (exact) mass is 300 g/mol. The minimum atomic E-state index is -0.845. The maximum Gasteiger partial charge on any atom is 0.244 e. The van der Waals surface area contributed by atoms with E-state index in [2.05, 4.69) is 5.32 Å². The highest BCUT2D eigenvalue weighted by molar-refractivity contribution is 5.87. The van der Waals surface area contributed by atoms with E-state index in [0.29, 0.717) is 12.0 Å². The Balaban J connectivity index is 1.94. The van der Waals surface area contributed by atoms with Gasteiger partial charge in [-0.25, -0.2) is 4.39 Å². The van der Waals surface area contributed by atoms with Crippen LogP contribution in [0, 0.1) is 5.82 Å². The molecule has 0 aliphatic heterocycles. The zero-order valence-electron chi connectivity index (χ0n) is 12.0. The SMILES string of the molecule is NC(=O)[C@@H](NC(=O)CCc1ccc(F)cc1)c1ccccc1. The van der Waals surface area contributed by atoms with Gasteiger partial charge in [-0.1, -0.05) is 42.5 Å². The minimum Gasteiger partial charge on any atom is -0.368 e. The van der Waals surface area contributed by atoms with Gasteiger partial charge in [0, 0.05) is 6.42 Å². The first-order chi connectivity index (χ1) is 10.6. The second-order valence-corrected chi connectivity index (χ2v) is 4.94. The van der Waals surface area contributed by atoms with Crippen molar-refractivity contribution in [3.63, 3.8) is 0 Å². The van der Waals surface area contributed by atoms with E-state index in [1.54, 1.807) is 36.4 Å². The standard InChI is InChI=1S/C17H17FN2O2/c18-14-9-6-12(7-10-14)8-11-15(21)20-16(17(19)22)13-4-2-1-3-5-13/h1-7,9-10,16H,8,11H2,(H2,19,22)(H,20,21)/t16-/m0/s1. The van der Waals surface area contributed by atoms with Crippen LogP contribution in [0.25, 0.3) is 0 Å². The number of nitrogens with one attached hydrogen (secondary N) is 1. The number of hydrogen-bond acceptors (Lipinski definition) is 2. The third-order valence-corrected chi connectivity index (χ3v) is 3.28. The van der Waals surface area contributed by atoms with Crippen LogP contribution in [0.3, 0.4) is 0 Å². The topological polar surface area (TPSA) is 72.2 Å². The van der Waals surface area contributed by atoms with Gasteiger partial charge in [0.2, 0.25) is 11.8 Å². The molecule has 0 fully saturated rings. The van der Waals surface area contributed by atoms with E-state index >= 15 is 0 Å². The van der Waals surface area contributed by atoms with Crippen LogP contribution in [0.2, 0.25) is 0 Å². The Morgan fingerprint density at radius 3 is 2.27 bits per heavy atom. The summed E-state index contributed by atoms with van der Waals surface area (Å²) in [5.74, 6) is -1.20. The molecule has 0 bridgehead atoms.